The number of carbonyl (C=O) groups excluding carboxylic acids is 3. The SMILES string of the molecule is COC(=O)C(C(=O)OC)=C(C[P+](c1ccccc1)(c1ccccc1)c1ccccc1)C(=O)c1ccccc1.Fc1c(F)c(F)c([B-](c2c(F)c(F)c(F)c(F)c2F)(c2c(F)c(F)c(F)c(F)c2F)c2c(F)c(F)c(F)c(F)c2F)c(F)c1F. The number of ether oxygens (including phenoxy) is 2. The van der Waals surface area contributed by atoms with Crippen LogP contribution in [0.4, 0.5) is 87.8 Å². The first kappa shape index (κ1) is 61.8. The predicted octanol–water partition coefficient (Wildman–Crippen LogP) is 10.4. The zero-order chi connectivity index (χ0) is 61.3. The van der Waals surface area contributed by atoms with Crippen molar-refractivity contribution in [2.75, 3.05) is 20.4 Å². The predicted molar refractivity (Wildman–Crippen MR) is 261 cm³/mol. The number of Topliss-reactive ketones (excluding diaryl/α,β-unsaturated/α-hetero) is 1. The van der Waals surface area contributed by atoms with Gasteiger partial charge in [-0.3, -0.25) is 4.79 Å². The molecule has 0 heterocycles. The average Bonchev–Trinajstić information content (AvgIpc) is 2.79. The van der Waals surface area contributed by atoms with Crippen molar-refractivity contribution in [2.45, 2.75) is 0 Å². The lowest BCUT2D eigenvalue weighted by Gasteiger charge is -2.44. The molecule has 0 atom stereocenters. The molecule has 0 aliphatic heterocycles. The molecule has 430 valence electrons. The maximum atomic E-state index is 15.4. The number of ketones is 1. The number of rotatable bonds is 13. The summed E-state index contributed by atoms with van der Waals surface area (Å²) >= 11 is 0. The summed E-state index contributed by atoms with van der Waals surface area (Å²) in [6.07, 6.45) is -7.11. The van der Waals surface area contributed by atoms with E-state index in [1.54, 1.807) is 30.3 Å². The molecule has 5 nitrogen and oxygen atoms in total. The van der Waals surface area contributed by atoms with E-state index in [0.29, 0.717) is 5.56 Å². The van der Waals surface area contributed by atoms with Crippen LogP contribution in [0.5, 0.6) is 0 Å². The third-order valence-corrected chi connectivity index (χ3v) is 17.4. The molecule has 0 aromatic heterocycles. The van der Waals surface area contributed by atoms with Gasteiger partial charge < -0.3 is 9.47 Å². The van der Waals surface area contributed by atoms with Gasteiger partial charge >= 0.3 is 11.9 Å². The number of hydrogen-bond acceptors (Lipinski definition) is 5. The van der Waals surface area contributed by atoms with Crippen LogP contribution in [0.3, 0.4) is 0 Å². The first-order valence-electron chi connectivity index (χ1n) is 23.0. The lowest BCUT2D eigenvalue weighted by molar-refractivity contribution is -0.144. The Balaban J connectivity index is 0.000000242. The van der Waals surface area contributed by atoms with Gasteiger partial charge in [-0.05, 0) is 36.4 Å². The Hall–Kier alpha value is -8.80. The summed E-state index contributed by atoms with van der Waals surface area (Å²) < 4.78 is 304. The quantitative estimate of drug-likeness (QED) is 0.0110. The number of allylic oxidation sites excluding steroid dienone is 1. The zero-order valence-electron chi connectivity index (χ0n) is 41.4. The van der Waals surface area contributed by atoms with E-state index in [1.165, 1.54) is 14.2 Å². The van der Waals surface area contributed by atoms with Crippen molar-refractivity contribution in [3.05, 3.63) is 254 Å². The number of hydrogen-bond donors (Lipinski definition) is 0. The minimum absolute atomic E-state index is 0.0554. The molecule has 0 N–H and O–H groups in total. The monoisotopic (exact) mass is 1200 g/mol. The topological polar surface area (TPSA) is 69.7 Å². The zero-order valence-corrected chi connectivity index (χ0v) is 42.3. The highest BCUT2D eigenvalue weighted by Crippen LogP contribution is 2.57. The molecule has 0 aliphatic carbocycles. The Bertz CT molecular complexity index is 3420. The second-order valence-corrected chi connectivity index (χ2v) is 20.8. The van der Waals surface area contributed by atoms with Crippen molar-refractivity contribution in [3.63, 3.8) is 0 Å². The van der Waals surface area contributed by atoms with Crippen LogP contribution in [0.25, 0.3) is 0 Å². The summed E-state index contributed by atoms with van der Waals surface area (Å²) in [5.41, 5.74) is -14.3. The van der Waals surface area contributed by atoms with Crippen molar-refractivity contribution in [1.82, 2.24) is 0 Å². The fraction of sp³-hybridized carbons (Fsp3) is 0.0536. The van der Waals surface area contributed by atoms with Crippen LogP contribution in [0.1, 0.15) is 10.4 Å². The highest BCUT2D eigenvalue weighted by molar-refractivity contribution is 7.96. The standard InChI is InChI=1S/C32H28O5P.C24BF20/c1-36-31(34)29(32(35)37-2)28(30(33)24-15-7-3-8-16-24)23-38(25-17-9-4-10-18-25,26-19-11-5-12-20-26)27-21-13-6-14-22-27;26-5-1(6(27)14(35)21(42)13(5)34)25(2-7(28)15(36)22(43)16(37)8(2)29,3-9(30)17(38)23(44)18(39)10(3)31)4-11(32)19(40)24(45)20(41)12(4)33/h3-22H,23H2,1-2H3;/q+1;-1. The largest absolute Gasteiger partial charge is 0.465 e. The molecule has 8 aromatic rings. The van der Waals surface area contributed by atoms with Crippen molar-refractivity contribution >= 4 is 68.9 Å². The Morgan fingerprint density at radius 3 is 0.747 bits per heavy atom. The number of carbonyl (C=O) groups is 3. The number of esters is 2. The molecule has 0 radical (unpaired) electrons. The van der Waals surface area contributed by atoms with E-state index < -0.39 is 175 Å². The van der Waals surface area contributed by atoms with E-state index in [0.717, 1.165) is 15.9 Å². The number of benzene rings is 8. The molecule has 27 heteroatoms. The van der Waals surface area contributed by atoms with Crippen LogP contribution in [0.15, 0.2) is 132 Å². The normalized spacial score (nSPS) is 11.4. The average molecular weight is 1200 g/mol. The van der Waals surface area contributed by atoms with Crippen LogP contribution < -0.4 is 37.8 Å². The van der Waals surface area contributed by atoms with Crippen LogP contribution in [-0.2, 0) is 19.1 Å². The van der Waals surface area contributed by atoms with Gasteiger partial charge in [-0.15, -0.1) is 21.9 Å². The Labute approximate surface area is 454 Å². The first-order valence-corrected chi connectivity index (χ1v) is 25.0. The maximum Gasteiger partial charge on any atom is 0.345 e. The fourth-order valence-corrected chi connectivity index (χ4v) is 13.7. The third kappa shape index (κ3) is 10.3. The van der Waals surface area contributed by atoms with E-state index in [4.69, 9.17) is 9.47 Å². The molecule has 8 aromatic carbocycles. The van der Waals surface area contributed by atoms with Crippen molar-refractivity contribution < 1.29 is 112 Å². The second kappa shape index (κ2) is 24.3. The second-order valence-electron chi connectivity index (χ2n) is 17.3. The van der Waals surface area contributed by atoms with E-state index in [1.807, 2.05) is 91.0 Å². The Morgan fingerprint density at radius 2 is 0.530 bits per heavy atom. The Kier molecular flexibility index (Phi) is 18.1. The van der Waals surface area contributed by atoms with E-state index in [9.17, 15) is 67.1 Å². The summed E-state index contributed by atoms with van der Waals surface area (Å²) in [6, 6.07) is 38.4. The van der Waals surface area contributed by atoms with Crippen LogP contribution >= 0.6 is 7.26 Å². The lowest BCUT2D eigenvalue weighted by atomic mass is 9.12. The molecule has 0 unspecified atom stereocenters. The van der Waals surface area contributed by atoms with E-state index >= 15 is 35.1 Å². The summed E-state index contributed by atoms with van der Waals surface area (Å²) in [5, 5.41) is 3.01. The number of halogens is 20. The fourth-order valence-electron chi connectivity index (χ4n) is 9.44. The van der Waals surface area contributed by atoms with Crippen LogP contribution in [0, 0.1) is 116 Å². The summed E-state index contributed by atoms with van der Waals surface area (Å²) in [4.78, 5) is 40.3. The molecule has 0 aliphatic rings. The van der Waals surface area contributed by atoms with Gasteiger partial charge in [0.2, 0.25) is 0 Å². The molecule has 0 spiro atoms. The van der Waals surface area contributed by atoms with Gasteiger partial charge in [0.05, 0.1) is 19.8 Å². The lowest BCUT2D eigenvalue weighted by Crippen LogP contribution is -2.81. The van der Waals surface area contributed by atoms with Crippen molar-refractivity contribution in [3.8, 4) is 0 Å². The molecular formula is C56H28BF20O5P. The minimum atomic E-state index is -7.22. The molecular weight excluding hydrogens is 1170 g/mol. The molecule has 0 amide bonds. The highest BCUT2D eigenvalue weighted by Gasteiger charge is 2.53. The van der Waals surface area contributed by atoms with Gasteiger partial charge in [-0.25, -0.2) is 97.4 Å². The maximum absolute atomic E-state index is 15.4. The van der Waals surface area contributed by atoms with Gasteiger partial charge in [0.25, 0.3) is 0 Å². The van der Waals surface area contributed by atoms with Gasteiger partial charge in [0.1, 0.15) is 82.0 Å². The van der Waals surface area contributed by atoms with Gasteiger partial charge in [0.15, 0.2) is 81.2 Å². The molecule has 8 rings (SSSR count). The highest BCUT2D eigenvalue weighted by atomic mass is 31.2. The number of methoxy groups -OCH3 is 2. The third-order valence-electron chi connectivity index (χ3n) is 13.1. The van der Waals surface area contributed by atoms with Gasteiger partial charge in [-0.1, -0.05) is 84.9 Å². The molecule has 83 heavy (non-hydrogen) atoms. The van der Waals surface area contributed by atoms with Crippen LogP contribution in [0.2, 0.25) is 0 Å². The molecule has 0 saturated heterocycles. The molecule has 0 bridgehead atoms. The minimum Gasteiger partial charge on any atom is -0.465 e. The van der Waals surface area contributed by atoms with Gasteiger partial charge in [-0.2, -0.15) is 0 Å². The smallest absolute Gasteiger partial charge is 0.345 e. The molecule has 0 fully saturated rings. The molecule has 0 saturated carbocycles. The first-order chi connectivity index (χ1) is 39.2. The van der Waals surface area contributed by atoms with E-state index in [-0.39, 0.29) is 11.7 Å². The van der Waals surface area contributed by atoms with E-state index in [2.05, 4.69) is 0 Å². The van der Waals surface area contributed by atoms with Crippen molar-refractivity contribution in [2.24, 2.45) is 0 Å². The van der Waals surface area contributed by atoms with Crippen molar-refractivity contribution in [1.29, 1.82) is 0 Å². The summed E-state index contributed by atoms with van der Waals surface area (Å²) in [5.74, 6) is -73.7. The Morgan fingerprint density at radius 1 is 0.325 bits per heavy atom. The van der Waals surface area contributed by atoms with Gasteiger partial charge in [0, 0.05) is 5.56 Å². The summed E-state index contributed by atoms with van der Waals surface area (Å²) in [6.45, 7) is 0. The van der Waals surface area contributed by atoms with Crippen LogP contribution in [-0.4, -0.2) is 44.2 Å². The summed E-state index contributed by atoms with van der Waals surface area (Å²) in [7, 11) is -0.263.